The number of aryl methyl sites for hydroxylation is 1. The molecule has 2 aromatic rings. The van der Waals surface area contributed by atoms with E-state index in [9.17, 15) is 4.79 Å². The highest BCUT2D eigenvalue weighted by molar-refractivity contribution is 5.87. The molecule has 2 rings (SSSR count). The molecule has 0 amide bonds. The van der Waals surface area contributed by atoms with Gasteiger partial charge in [0.15, 0.2) is 0 Å². The Balaban J connectivity index is 2.63. The second-order valence-electron chi connectivity index (χ2n) is 3.88. The summed E-state index contributed by atoms with van der Waals surface area (Å²) in [6.45, 7) is 1.85. The van der Waals surface area contributed by atoms with Crippen molar-refractivity contribution in [3.8, 4) is 5.75 Å². The van der Waals surface area contributed by atoms with E-state index >= 15 is 0 Å². The zero-order valence-electron chi connectivity index (χ0n) is 9.73. The third-order valence-corrected chi connectivity index (χ3v) is 2.57. The van der Waals surface area contributed by atoms with Crippen LogP contribution in [-0.4, -0.2) is 23.2 Å². The molecule has 0 unspecified atom stereocenters. The van der Waals surface area contributed by atoms with Gasteiger partial charge in [0.2, 0.25) is 0 Å². The van der Waals surface area contributed by atoms with Gasteiger partial charge in [0.25, 0.3) is 0 Å². The van der Waals surface area contributed by atoms with Gasteiger partial charge in [-0.05, 0) is 30.7 Å². The van der Waals surface area contributed by atoms with E-state index in [0.717, 1.165) is 27.9 Å². The summed E-state index contributed by atoms with van der Waals surface area (Å²) in [6, 6.07) is 7.28. The standard InChI is InChI=1S/C13H13NO3/c1-8-5-9(6-13(15)16)11-4-3-10(17-2)7-12(11)14-8/h3-5,7H,6H2,1-2H3,(H,15,16). The number of hydrogen-bond acceptors (Lipinski definition) is 3. The number of methoxy groups -OCH3 is 1. The van der Waals surface area contributed by atoms with Crippen molar-refractivity contribution in [1.29, 1.82) is 0 Å². The van der Waals surface area contributed by atoms with Gasteiger partial charge in [-0.2, -0.15) is 0 Å². The van der Waals surface area contributed by atoms with Crippen molar-refractivity contribution >= 4 is 16.9 Å². The fraction of sp³-hybridized carbons (Fsp3) is 0.231. The molecular weight excluding hydrogens is 218 g/mol. The monoisotopic (exact) mass is 231 g/mol. The minimum atomic E-state index is -0.840. The summed E-state index contributed by atoms with van der Waals surface area (Å²) in [7, 11) is 1.59. The number of aliphatic carboxylic acids is 1. The van der Waals surface area contributed by atoms with Crippen molar-refractivity contribution in [3.63, 3.8) is 0 Å². The van der Waals surface area contributed by atoms with E-state index in [0.29, 0.717) is 0 Å². The van der Waals surface area contributed by atoms with Crippen LogP contribution in [0.1, 0.15) is 11.3 Å². The van der Waals surface area contributed by atoms with Crippen LogP contribution in [-0.2, 0) is 11.2 Å². The Labute approximate surface area is 98.9 Å². The first-order valence-electron chi connectivity index (χ1n) is 5.26. The molecule has 1 aromatic carbocycles. The lowest BCUT2D eigenvalue weighted by Gasteiger charge is -2.07. The average molecular weight is 231 g/mol. The zero-order valence-corrected chi connectivity index (χ0v) is 9.73. The van der Waals surface area contributed by atoms with E-state index < -0.39 is 5.97 Å². The Hall–Kier alpha value is -2.10. The molecule has 1 N–H and O–H groups in total. The van der Waals surface area contributed by atoms with Gasteiger partial charge >= 0.3 is 5.97 Å². The van der Waals surface area contributed by atoms with E-state index in [4.69, 9.17) is 9.84 Å². The lowest BCUT2D eigenvalue weighted by atomic mass is 10.0. The first-order valence-corrected chi connectivity index (χ1v) is 5.26. The van der Waals surface area contributed by atoms with E-state index in [1.807, 2.05) is 31.2 Å². The number of fused-ring (bicyclic) bond motifs is 1. The lowest BCUT2D eigenvalue weighted by molar-refractivity contribution is -0.136. The van der Waals surface area contributed by atoms with Crippen molar-refractivity contribution < 1.29 is 14.6 Å². The Bertz CT molecular complexity index is 578. The highest BCUT2D eigenvalue weighted by Crippen LogP contribution is 2.23. The molecule has 0 bridgehead atoms. The van der Waals surface area contributed by atoms with Gasteiger partial charge in [-0.15, -0.1) is 0 Å². The second-order valence-corrected chi connectivity index (χ2v) is 3.88. The van der Waals surface area contributed by atoms with Crippen LogP contribution in [0.5, 0.6) is 5.75 Å². The Kier molecular flexibility index (Phi) is 2.95. The molecule has 4 nitrogen and oxygen atoms in total. The molecule has 0 fully saturated rings. The molecule has 1 aromatic heterocycles. The second kappa shape index (κ2) is 4.41. The van der Waals surface area contributed by atoms with Crippen LogP contribution in [0.25, 0.3) is 10.9 Å². The molecule has 88 valence electrons. The maximum atomic E-state index is 10.8. The number of pyridine rings is 1. The summed E-state index contributed by atoms with van der Waals surface area (Å²) in [5, 5.41) is 9.73. The predicted molar refractivity (Wildman–Crippen MR) is 64.4 cm³/mol. The number of carboxylic acid groups (broad SMARTS) is 1. The summed E-state index contributed by atoms with van der Waals surface area (Å²) < 4.78 is 5.13. The van der Waals surface area contributed by atoms with E-state index in [1.54, 1.807) is 7.11 Å². The molecule has 0 saturated carbocycles. The molecule has 0 aliphatic rings. The van der Waals surface area contributed by atoms with Gasteiger partial charge in [-0.3, -0.25) is 9.78 Å². The van der Waals surface area contributed by atoms with Crippen molar-refractivity contribution in [2.24, 2.45) is 0 Å². The number of ether oxygens (including phenoxy) is 1. The van der Waals surface area contributed by atoms with Gasteiger partial charge in [0.05, 0.1) is 19.0 Å². The van der Waals surface area contributed by atoms with Crippen molar-refractivity contribution in [3.05, 3.63) is 35.5 Å². The first-order chi connectivity index (χ1) is 8.10. The molecule has 0 atom stereocenters. The summed E-state index contributed by atoms with van der Waals surface area (Å²) in [5.41, 5.74) is 2.35. The van der Waals surface area contributed by atoms with Crippen molar-refractivity contribution in [1.82, 2.24) is 4.98 Å². The summed E-state index contributed by atoms with van der Waals surface area (Å²) in [5.74, 6) is -0.121. The van der Waals surface area contributed by atoms with Gasteiger partial charge < -0.3 is 9.84 Å². The fourth-order valence-corrected chi connectivity index (χ4v) is 1.86. The summed E-state index contributed by atoms with van der Waals surface area (Å²) in [6.07, 6.45) is 0.00614. The number of carboxylic acids is 1. The van der Waals surface area contributed by atoms with Crippen molar-refractivity contribution in [2.45, 2.75) is 13.3 Å². The summed E-state index contributed by atoms with van der Waals surface area (Å²) in [4.78, 5) is 15.2. The summed E-state index contributed by atoms with van der Waals surface area (Å²) >= 11 is 0. The van der Waals surface area contributed by atoms with E-state index in [2.05, 4.69) is 4.98 Å². The van der Waals surface area contributed by atoms with Crippen LogP contribution >= 0.6 is 0 Å². The fourth-order valence-electron chi connectivity index (χ4n) is 1.86. The van der Waals surface area contributed by atoms with Crippen LogP contribution in [0.3, 0.4) is 0 Å². The maximum Gasteiger partial charge on any atom is 0.307 e. The topological polar surface area (TPSA) is 59.4 Å². The smallest absolute Gasteiger partial charge is 0.307 e. The van der Waals surface area contributed by atoms with Gasteiger partial charge in [0, 0.05) is 17.1 Å². The number of rotatable bonds is 3. The SMILES string of the molecule is COc1ccc2c(CC(=O)O)cc(C)nc2c1. The Morgan fingerprint density at radius 3 is 2.82 bits per heavy atom. The number of hydrogen-bond donors (Lipinski definition) is 1. The van der Waals surface area contributed by atoms with Gasteiger partial charge in [-0.1, -0.05) is 0 Å². The zero-order chi connectivity index (χ0) is 12.4. The largest absolute Gasteiger partial charge is 0.497 e. The highest BCUT2D eigenvalue weighted by atomic mass is 16.5. The molecule has 0 spiro atoms. The molecular formula is C13H13NO3. The minimum absolute atomic E-state index is 0.00614. The molecule has 0 saturated heterocycles. The molecule has 1 heterocycles. The van der Waals surface area contributed by atoms with E-state index in [-0.39, 0.29) is 6.42 Å². The van der Waals surface area contributed by atoms with E-state index in [1.165, 1.54) is 0 Å². The van der Waals surface area contributed by atoms with Gasteiger partial charge in [-0.25, -0.2) is 0 Å². The third kappa shape index (κ3) is 2.36. The normalized spacial score (nSPS) is 10.5. The van der Waals surface area contributed by atoms with Crippen LogP contribution in [0.2, 0.25) is 0 Å². The number of carbonyl (C=O) groups is 1. The number of aromatic nitrogens is 1. The molecule has 0 aliphatic carbocycles. The van der Waals surface area contributed by atoms with Crippen LogP contribution in [0.15, 0.2) is 24.3 Å². The number of nitrogens with zero attached hydrogens (tertiary/aromatic N) is 1. The molecule has 17 heavy (non-hydrogen) atoms. The Morgan fingerprint density at radius 2 is 2.18 bits per heavy atom. The van der Waals surface area contributed by atoms with Crippen molar-refractivity contribution in [2.75, 3.05) is 7.11 Å². The predicted octanol–water partition coefficient (Wildman–Crippen LogP) is 2.18. The first kappa shape index (κ1) is 11.4. The molecule has 0 radical (unpaired) electrons. The van der Waals surface area contributed by atoms with Gasteiger partial charge in [0.1, 0.15) is 5.75 Å². The molecule has 0 aliphatic heterocycles. The lowest BCUT2D eigenvalue weighted by Crippen LogP contribution is -2.02. The third-order valence-electron chi connectivity index (χ3n) is 2.57. The van der Waals surface area contributed by atoms with Crippen LogP contribution < -0.4 is 4.74 Å². The maximum absolute atomic E-state index is 10.8. The quantitative estimate of drug-likeness (QED) is 0.879. The molecule has 4 heteroatoms. The van der Waals surface area contributed by atoms with Crippen LogP contribution in [0, 0.1) is 6.92 Å². The highest BCUT2D eigenvalue weighted by Gasteiger charge is 2.08. The number of benzene rings is 1. The minimum Gasteiger partial charge on any atom is -0.497 e. The van der Waals surface area contributed by atoms with Crippen LogP contribution in [0.4, 0.5) is 0 Å². The average Bonchev–Trinajstić information content (AvgIpc) is 2.27. The Morgan fingerprint density at radius 1 is 1.41 bits per heavy atom.